The average molecular weight is 466 g/mol. The second-order valence-corrected chi connectivity index (χ2v) is 12.9. The topological polar surface area (TPSA) is 83.9 Å². The predicted octanol–water partition coefficient (Wildman–Crippen LogP) is 4.33. The van der Waals surface area contributed by atoms with Crippen LogP contribution in [0.4, 0.5) is 0 Å². The Labute approximate surface area is 193 Å². The third-order valence-corrected chi connectivity index (χ3v) is 11.6. The third kappa shape index (κ3) is 2.16. The fraction of sp³-hybridized carbons (Fsp3) is 0.500. The number of fused-ring (bicyclic) bond motifs is 6. The van der Waals surface area contributed by atoms with Crippen molar-refractivity contribution in [3.05, 3.63) is 47.5 Å². The van der Waals surface area contributed by atoms with E-state index in [4.69, 9.17) is 4.74 Å². The van der Waals surface area contributed by atoms with Gasteiger partial charge in [-0.3, -0.25) is 4.79 Å². The maximum Gasteiger partial charge on any atom is 0.271 e. The lowest BCUT2D eigenvalue weighted by Crippen LogP contribution is -2.44. The lowest BCUT2D eigenvalue weighted by molar-refractivity contribution is 0.0697. The normalized spacial score (nSPS) is 36.1. The Hall–Kier alpha value is -2.54. The lowest BCUT2D eigenvalue weighted by atomic mass is 9.69. The van der Waals surface area contributed by atoms with Gasteiger partial charge in [-0.1, -0.05) is 44.2 Å². The Balaban J connectivity index is 1.45. The standard InChI is InChI=1S/C26H27NO5S/c1-25(2)14-10-11-26(25)13-33(30,31)27(19(26)12-14)24(29)21-20-17-8-5-9-18(17)32-23(20)16-7-4-3-6-15(16)22(21)28/h3-7,9,14,17-19,28H,8,10-13H2,1-2H3/t14-,17-,18+,19+,26-/m1/s1. The number of carbonyl (C=O) groups is 1. The van der Waals surface area contributed by atoms with Crippen LogP contribution in [0.3, 0.4) is 0 Å². The summed E-state index contributed by atoms with van der Waals surface area (Å²) >= 11 is 0. The van der Waals surface area contributed by atoms with E-state index < -0.39 is 21.3 Å². The Morgan fingerprint density at radius 1 is 1.21 bits per heavy atom. The maximum atomic E-state index is 14.2. The van der Waals surface area contributed by atoms with Gasteiger partial charge in [0.05, 0.1) is 17.4 Å². The summed E-state index contributed by atoms with van der Waals surface area (Å²) < 4.78 is 34.5. The first-order chi connectivity index (χ1) is 15.7. The van der Waals surface area contributed by atoms with Gasteiger partial charge in [-0.15, -0.1) is 0 Å². The number of hydrogen-bond donors (Lipinski definition) is 1. The molecule has 2 bridgehead atoms. The van der Waals surface area contributed by atoms with Crippen LogP contribution in [0.25, 0.3) is 10.8 Å². The lowest BCUT2D eigenvalue weighted by Gasteiger charge is -2.37. The number of ether oxygens (including phenoxy) is 1. The summed E-state index contributed by atoms with van der Waals surface area (Å²) in [6, 6.07) is 6.98. The Kier molecular flexibility index (Phi) is 3.57. The van der Waals surface area contributed by atoms with E-state index in [1.165, 1.54) is 0 Å². The molecule has 5 atom stereocenters. The van der Waals surface area contributed by atoms with E-state index in [1.807, 2.05) is 24.3 Å². The zero-order valence-electron chi connectivity index (χ0n) is 18.7. The number of carbonyl (C=O) groups excluding carboxylic acids is 1. The summed E-state index contributed by atoms with van der Waals surface area (Å²) in [5.74, 6) is 0.215. The molecule has 33 heavy (non-hydrogen) atoms. The Morgan fingerprint density at radius 3 is 2.73 bits per heavy atom. The predicted molar refractivity (Wildman–Crippen MR) is 124 cm³/mol. The molecular weight excluding hydrogens is 438 g/mol. The number of benzene rings is 2. The monoisotopic (exact) mass is 465 g/mol. The molecule has 1 amide bonds. The first-order valence-corrected chi connectivity index (χ1v) is 13.5. The molecule has 7 rings (SSSR count). The molecule has 5 aliphatic rings. The summed E-state index contributed by atoms with van der Waals surface area (Å²) in [7, 11) is -3.80. The van der Waals surface area contributed by atoms with Crippen molar-refractivity contribution >= 4 is 26.7 Å². The van der Waals surface area contributed by atoms with E-state index in [0.717, 1.165) is 22.5 Å². The van der Waals surface area contributed by atoms with Gasteiger partial charge in [0.1, 0.15) is 17.6 Å². The minimum absolute atomic E-state index is 0.0144. The number of phenolic OH excluding ortho intramolecular Hbond substituents is 1. The molecule has 1 saturated heterocycles. The van der Waals surface area contributed by atoms with Crippen LogP contribution in [-0.2, 0) is 10.0 Å². The third-order valence-electron chi connectivity index (χ3n) is 9.74. The number of sulfonamides is 1. The molecule has 7 heteroatoms. The minimum atomic E-state index is -3.80. The van der Waals surface area contributed by atoms with Gasteiger partial charge in [-0.2, -0.15) is 0 Å². The Bertz CT molecular complexity index is 1390. The van der Waals surface area contributed by atoms with Crippen LogP contribution in [0.15, 0.2) is 36.4 Å². The highest BCUT2D eigenvalue weighted by Gasteiger charge is 2.72. The molecule has 0 radical (unpaired) electrons. The molecule has 0 unspecified atom stereocenters. The molecule has 3 fully saturated rings. The second-order valence-electron chi connectivity index (χ2n) is 11.1. The molecule has 2 aliphatic heterocycles. The summed E-state index contributed by atoms with van der Waals surface area (Å²) in [6.45, 7) is 4.34. The number of amides is 1. The van der Waals surface area contributed by atoms with Crippen molar-refractivity contribution in [1.82, 2.24) is 4.31 Å². The van der Waals surface area contributed by atoms with Crippen LogP contribution in [0.1, 0.15) is 61.4 Å². The van der Waals surface area contributed by atoms with Crippen molar-refractivity contribution in [3.8, 4) is 11.5 Å². The maximum absolute atomic E-state index is 14.2. The van der Waals surface area contributed by atoms with Crippen molar-refractivity contribution in [2.24, 2.45) is 16.7 Å². The molecule has 2 heterocycles. The number of phenols is 1. The summed E-state index contributed by atoms with van der Waals surface area (Å²) in [4.78, 5) is 14.2. The number of rotatable bonds is 1. The number of nitrogens with zero attached hydrogens (tertiary/aromatic N) is 1. The highest BCUT2D eigenvalue weighted by Crippen LogP contribution is 2.70. The fourth-order valence-electron chi connectivity index (χ4n) is 7.94. The minimum Gasteiger partial charge on any atom is -0.506 e. The Morgan fingerprint density at radius 2 is 1.97 bits per heavy atom. The first kappa shape index (κ1) is 19.9. The fourth-order valence-corrected chi connectivity index (χ4v) is 10.5. The van der Waals surface area contributed by atoms with Crippen molar-refractivity contribution in [2.45, 2.75) is 57.6 Å². The van der Waals surface area contributed by atoms with Gasteiger partial charge in [-0.25, -0.2) is 12.7 Å². The van der Waals surface area contributed by atoms with E-state index >= 15 is 0 Å². The number of aromatic hydroxyl groups is 1. The van der Waals surface area contributed by atoms with Crippen molar-refractivity contribution in [3.63, 3.8) is 0 Å². The molecule has 6 nitrogen and oxygen atoms in total. The van der Waals surface area contributed by atoms with Gasteiger partial charge in [0.15, 0.2) is 0 Å². The quantitative estimate of drug-likeness (QED) is 0.634. The zero-order valence-corrected chi connectivity index (χ0v) is 19.6. The van der Waals surface area contributed by atoms with E-state index in [2.05, 4.69) is 13.8 Å². The molecule has 2 aromatic carbocycles. The molecule has 172 valence electrons. The average Bonchev–Trinajstić information content (AvgIpc) is 3.50. The molecule has 2 saturated carbocycles. The van der Waals surface area contributed by atoms with Crippen LogP contribution >= 0.6 is 0 Å². The molecular formula is C26H27NO5S. The van der Waals surface area contributed by atoms with Crippen LogP contribution in [-0.4, -0.2) is 41.6 Å². The van der Waals surface area contributed by atoms with E-state index in [9.17, 15) is 18.3 Å². The second kappa shape index (κ2) is 5.93. The summed E-state index contributed by atoms with van der Waals surface area (Å²) in [5.41, 5.74) is 0.234. The molecule has 2 aromatic rings. The molecule has 0 aromatic heterocycles. The van der Waals surface area contributed by atoms with Gasteiger partial charge >= 0.3 is 0 Å². The van der Waals surface area contributed by atoms with Gasteiger partial charge in [0.25, 0.3) is 5.91 Å². The van der Waals surface area contributed by atoms with Crippen LogP contribution in [0.2, 0.25) is 0 Å². The smallest absolute Gasteiger partial charge is 0.271 e. The molecule has 3 aliphatic carbocycles. The van der Waals surface area contributed by atoms with Crippen LogP contribution < -0.4 is 4.74 Å². The molecule has 1 N–H and O–H groups in total. The highest BCUT2D eigenvalue weighted by atomic mass is 32.2. The van der Waals surface area contributed by atoms with Gasteiger partial charge in [-0.05, 0) is 43.1 Å². The van der Waals surface area contributed by atoms with Gasteiger partial charge in [0, 0.05) is 27.7 Å². The molecule has 1 spiro atoms. The highest BCUT2D eigenvalue weighted by molar-refractivity contribution is 7.90. The summed E-state index contributed by atoms with van der Waals surface area (Å²) in [6.07, 6.45) is 7.08. The zero-order chi connectivity index (χ0) is 22.9. The number of allylic oxidation sites excluding steroid dienone is 1. The van der Waals surface area contributed by atoms with Crippen molar-refractivity contribution < 1.29 is 23.1 Å². The van der Waals surface area contributed by atoms with E-state index in [0.29, 0.717) is 35.5 Å². The van der Waals surface area contributed by atoms with E-state index in [1.54, 1.807) is 12.1 Å². The van der Waals surface area contributed by atoms with Crippen molar-refractivity contribution in [1.29, 1.82) is 0 Å². The van der Waals surface area contributed by atoms with Crippen LogP contribution in [0.5, 0.6) is 11.5 Å². The van der Waals surface area contributed by atoms with Gasteiger partial charge < -0.3 is 9.84 Å². The first-order valence-electron chi connectivity index (χ1n) is 11.8. The van der Waals surface area contributed by atoms with Gasteiger partial charge in [0.2, 0.25) is 10.0 Å². The SMILES string of the molecule is CC1(C)[C@@H]2CC[C@]13CS(=O)(=O)N(C(=O)c1c4c(c5ccccc5c1O)O[C@H]1C=CC[C@@H]41)[C@H]3C2. The van der Waals surface area contributed by atoms with Crippen LogP contribution in [0, 0.1) is 16.7 Å². The largest absolute Gasteiger partial charge is 0.506 e. The van der Waals surface area contributed by atoms with E-state index in [-0.39, 0.29) is 40.5 Å². The summed E-state index contributed by atoms with van der Waals surface area (Å²) in [5, 5.41) is 12.7. The number of hydrogen-bond acceptors (Lipinski definition) is 5. The van der Waals surface area contributed by atoms with Crippen molar-refractivity contribution in [2.75, 3.05) is 5.75 Å².